The van der Waals surface area contributed by atoms with Crippen molar-refractivity contribution in [3.05, 3.63) is 78.4 Å². The number of ether oxygens (including phenoxy) is 1. The van der Waals surface area contributed by atoms with Gasteiger partial charge < -0.3 is 10.1 Å². The van der Waals surface area contributed by atoms with E-state index in [0.29, 0.717) is 22.8 Å². The average Bonchev–Trinajstić information content (AvgIpc) is 3.24. The highest BCUT2D eigenvalue weighted by molar-refractivity contribution is 6.02. The zero-order chi connectivity index (χ0) is 21.8. The van der Waals surface area contributed by atoms with Crippen molar-refractivity contribution in [1.29, 1.82) is 0 Å². The van der Waals surface area contributed by atoms with E-state index < -0.39 is 18.5 Å². The molecule has 0 saturated heterocycles. The smallest absolute Gasteiger partial charge is 0.342 e. The van der Waals surface area contributed by atoms with Gasteiger partial charge in [-0.3, -0.25) is 9.78 Å². The van der Waals surface area contributed by atoms with Gasteiger partial charge in [0.15, 0.2) is 12.4 Å². The minimum Gasteiger partial charge on any atom is -0.452 e. The first-order chi connectivity index (χ1) is 15.0. The molecule has 8 nitrogen and oxygen atoms in total. The van der Waals surface area contributed by atoms with Crippen LogP contribution in [0, 0.1) is 0 Å². The maximum atomic E-state index is 12.7. The summed E-state index contributed by atoms with van der Waals surface area (Å²) in [4.78, 5) is 33.7. The van der Waals surface area contributed by atoms with Crippen LogP contribution in [0.1, 0.15) is 35.8 Å². The number of esters is 1. The predicted octanol–water partition coefficient (Wildman–Crippen LogP) is 3.73. The first-order valence-corrected chi connectivity index (χ1v) is 9.84. The summed E-state index contributed by atoms with van der Waals surface area (Å²) >= 11 is 0. The molecule has 156 valence electrons. The molecular formula is C23H21N5O3. The lowest BCUT2D eigenvalue weighted by molar-refractivity contribution is -0.119. The van der Waals surface area contributed by atoms with Crippen molar-refractivity contribution in [1.82, 2.24) is 19.7 Å². The number of anilines is 1. The summed E-state index contributed by atoms with van der Waals surface area (Å²) in [6.45, 7) is 3.49. The highest BCUT2D eigenvalue weighted by Gasteiger charge is 2.23. The first-order valence-electron chi connectivity index (χ1n) is 9.84. The summed E-state index contributed by atoms with van der Waals surface area (Å²) in [6.07, 6.45) is 4.79. The Morgan fingerprint density at radius 2 is 1.87 bits per heavy atom. The molecule has 0 bridgehead atoms. The van der Waals surface area contributed by atoms with Crippen LogP contribution in [0.25, 0.3) is 16.7 Å². The van der Waals surface area contributed by atoms with Crippen molar-refractivity contribution in [2.45, 2.75) is 19.8 Å². The summed E-state index contributed by atoms with van der Waals surface area (Å²) in [5.41, 5.74) is 2.35. The van der Waals surface area contributed by atoms with E-state index in [0.717, 1.165) is 10.9 Å². The number of amides is 1. The molecule has 0 spiro atoms. The Hall–Kier alpha value is -4.07. The van der Waals surface area contributed by atoms with Crippen molar-refractivity contribution in [3.63, 3.8) is 0 Å². The van der Waals surface area contributed by atoms with Crippen LogP contribution in [0.2, 0.25) is 0 Å². The number of hydrogen-bond donors (Lipinski definition) is 1. The number of fused-ring (bicyclic) bond motifs is 1. The number of pyridine rings is 2. The van der Waals surface area contributed by atoms with Gasteiger partial charge in [-0.15, -0.1) is 0 Å². The number of carbonyl (C=O) groups is 2. The second kappa shape index (κ2) is 8.74. The van der Waals surface area contributed by atoms with E-state index in [9.17, 15) is 9.59 Å². The SMILES string of the molecule is CC(C)c1c(C(=O)OCC(=O)Nc2cccc3ncccc23)cnn1-c1ccccn1. The van der Waals surface area contributed by atoms with Crippen molar-refractivity contribution in [2.24, 2.45) is 0 Å². The standard InChI is InChI=1S/C23H21N5O3/c1-15(2)22-17(13-26-28(22)20-10-3-4-11-25-20)23(30)31-14-21(29)27-19-9-5-8-18-16(19)7-6-12-24-18/h3-13,15H,14H2,1-2H3,(H,27,29). The molecule has 4 aromatic rings. The molecule has 3 aromatic heterocycles. The van der Waals surface area contributed by atoms with Gasteiger partial charge in [-0.1, -0.05) is 26.0 Å². The Bertz CT molecular complexity index is 1230. The maximum absolute atomic E-state index is 12.7. The van der Waals surface area contributed by atoms with Crippen LogP contribution >= 0.6 is 0 Å². The Kier molecular flexibility index (Phi) is 5.70. The zero-order valence-corrected chi connectivity index (χ0v) is 17.1. The molecule has 0 aliphatic rings. The van der Waals surface area contributed by atoms with Gasteiger partial charge in [0, 0.05) is 17.8 Å². The zero-order valence-electron chi connectivity index (χ0n) is 17.1. The number of nitrogens with one attached hydrogen (secondary N) is 1. The average molecular weight is 415 g/mol. The topological polar surface area (TPSA) is 99.0 Å². The molecule has 0 fully saturated rings. The van der Waals surface area contributed by atoms with Crippen molar-refractivity contribution in [3.8, 4) is 5.82 Å². The molecular weight excluding hydrogens is 394 g/mol. The molecule has 1 aromatic carbocycles. The molecule has 8 heteroatoms. The van der Waals surface area contributed by atoms with E-state index in [1.807, 2.05) is 38.1 Å². The predicted molar refractivity (Wildman–Crippen MR) is 116 cm³/mol. The Balaban J connectivity index is 1.47. The third kappa shape index (κ3) is 4.28. The van der Waals surface area contributed by atoms with E-state index in [4.69, 9.17) is 4.74 Å². The third-order valence-corrected chi connectivity index (χ3v) is 4.69. The van der Waals surface area contributed by atoms with E-state index in [1.165, 1.54) is 6.20 Å². The third-order valence-electron chi connectivity index (χ3n) is 4.69. The van der Waals surface area contributed by atoms with Crippen LogP contribution in [-0.4, -0.2) is 38.2 Å². The molecule has 0 aliphatic carbocycles. The van der Waals surface area contributed by atoms with Gasteiger partial charge in [-0.05, 0) is 42.3 Å². The Labute approximate surface area is 178 Å². The summed E-state index contributed by atoms with van der Waals surface area (Å²) in [6, 6.07) is 14.6. The quantitative estimate of drug-likeness (QED) is 0.482. The van der Waals surface area contributed by atoms with E-state index in [-0.39, 0.29) is 5.92 Å². The number of rotatable bonds is 6. The molecule has 0 aliphatic heterocycles. The molecule has 3 heterocycles. The Morgan fingerprint density at radius 1 is 1.03 bits per heavy atom. The lowest BCUT2D eigenvalue weighted by atomic mass is 10.1. The van der Waals surface area contributed by atoms with E-state index in [2.05, 4.69) is 20.4 Å². The van der Waals surface area contributed by atoms with E-state index in [1.54, 1.807) is 41.3 Å². The van der Waals surface area contributed by atoms with Crippen LogP contribution in [-0.2, 0) is 9.53 Å². The van der Waals surface area contributed by atoms with Gasteiger partial charge >= 0.3 is 5.97 Å². The van der Waals surface area contributed by atoms with Gasteiger partial charge in [-0.2, -0.15) is 5.10 Å². The summed E-state index contributed by atoms with van der Waals surface area (Å²) in [5.74, 6) is -0.454. The molecule has 0 saturated carbocycles. The Morgan fingerprint density at radius 3 is 2.65 bits per heavy atom. The number of aromatic nitrogens is 4. The van der Waals surface area contributed by atoms with Crippen LogP contribution in [0.3, 0.4) is 0 Å². The largest absolute Gasteiger partial charge is 0.452 e. The van der Waals surface area contributed by atoms with E-state index >= 15 is 0 Å². The highest BCUT2D eigenvalue weighted by atomic mass is 16.5. The minimum atomic E-state index is -0.611. The van der Waals surface area contributed by atoms with Crippen LogP contribution in [0.15, 0.2) is 67.1 Å². The fourth-order valence-corrected chi connectivity index (χ4v) is 3.34. The molecule has 0 radical (unpaired) electrons. The summed E-state index contributed by atoms with van der Waals surface area (Å²) in [7, 11) is 0. The second-order valence-electron chi connectivity index (χ2n) is 7.20. The fraction of sp³-hybridized carbons (Fsp3) is 0.174. The fourth-order valence-electron chi connectivity index (χ4n) is 3.34. The number of hydrogen-bond acceptors (Lipinski definition) is 6. The maximum Gasteiger partial charge on any atom is 0.342 e. The van der Waals surface area contributed by atoms with Crippen LogP contribution in [0.5, 0.6) is 0 Å². The van der Waals surface area contributed by atoms with Gasteiger partial charge in [-0.25, -0.2) is 14.5 Å². The molecule has 1 amide bonds. The van der Waals surface area contributed by atoms with Gasteiger partial charge in [0.05, 0.1) is 23.1 Å². The molecule has 4 rings (SSSR count). The molecule has 0 atom stereocenters. The highest BCUT2D eigenvalue weighted by Crippen LogP contribution is 2.23. The number of nitrogens with zero attached hydrogens (tertiary/aromatic N) is 4. The lowest BCUT2D eigenvalue weighted by Crippen LogP contribution is -2.21. The van der Waals surface area contributed by atoms with Crippen LogP contribution < -0.4 is 5.32 Å². The van der Waals surface area contributed by atoms with Gasteiger partial charge in [0.25, 0.3) is 5.91 Å². The monoisotopic (exact) mass is 415 g/mol. The summed E-state index contributed by atoms with van der Waals surface area (Å²) in [5, 5.41) is 7.89. The van der Waals surface area contributed by atoms with Gasteiger partial charge in [0.2, 0.25) is 0 Å². The minimum absolute atomic E-state index is 0.0101. The first kappa shape index (κ1) is 20.2. The molecule has 1 N–H and O–H groups in total. The van der Waals surface area contributed by atoms with Crippen LogP contribution in [0.4, 0.5) is 5.69 Å². The second-order valence-corrected chi connectivity index (χ2v) is 7.20. The number of carbonyl (C=O) groups excluding carboxylic acids is 2. The lowest BCUT2D eigenvalue weighted by Gasteiger charge is -2.12. The van der Waals surface area contributed by atoms with Gasteiger partial charge in [0.1, 0.15) is 5.56 Å². The summed E-state index contributed by atoms with van der Waals surface area (Å²) < 4.78 is 6.89. The molecule has 31 heavy (non-hydrogen) atoms. The normalized spacial score (nSPS) is 10.9. The molecule has 0 unspecified atom stereocenters. The number of benzene rings is 1. The van der Waals surface area contributed by atoms with Crippen molar-refractivity contribution < 1.29 is 14.3 Å². The van der Waals surface area contributed by atoms with Crippen molar-refractivity contribution >= 4 is 28.5 Å². The van der Waals surface area contributed by atoms with Crippen molar-refractivity contribution in [2.75, 3.05) is 11.9 Å².